The molecule has 28 heavy (non-hydrogen) atoms. The van der Waals surface area contributed by atoms with Crippen molar-refractivity contribution in [2.75, 3.05) is 0 Å². The number of nitrogens with zero attached hydrogens (tertiary/aromatic N) is 1. The van der Waals surface area contributed by atoms with Gasteiger partial charge in [0.25, 0.3) is 0 Å². The third-order valence-electron chi connectivity index (χ3n) is 6.05. The maximum Gasteiger partial charge on any atom is 0.137 e. The highest BCUT2D eigenvalue weighted by atomic mass is 16.5. The Morgan fingerprint density at radius 3 is 2.61 bits per heavy atom. The van der Waals surface area contributed by atoms with Crippen LogP contribution >= 0.6 is 0 Å². The normalized spacial score (nSPS) is 25.1. The number of aromatic nitrogens is 1. The summed E-state index contributed by atoms with van der Waals surface area (Å²) in [4.78, 5) is 0. The van der Waals surface area contributed by atoms with Gasteiger partial charge in [-0.05, 0) is 47.9 Å². The molecule has 2 aliphatic rings. The van der Waals surface area contributed by atoms with Crippen LogP contribution in [0.4, 0.5) is 0 Å². The molecule has 2 fully saturated rings. The number of aliphatic hydroxyl groups is 1. The first kappa shape index (κ1) is 17.7. The minimum Gasteiger partial charge on any atom is -0.393 e. The molecule has 3 unspecified atom stereocenters. The summed E-state index contributed by atoms with van der Waals surface area (Å²) in [7, 11) is 0. The zero-order valence-electron chi connectivity index (χ0n) is 15.9. The lowest BCUT2D eigenvalue weighted by Crippen LogP contribution is -2.34. The largest absolute Gasteiger partial charge is 0.393 e. The van der Waals surface area contributed by atoms with Gasteiger partial charge in [0.15, 0.2) is 0 Å². The van der Waals surface area contributed by atoms with Crippen LogP contribution < -0.4 is 0 Å². The number of nitrogens with one attached hydrogen (secondary N) is 1. The fourth-order valence-electron chi connectivity index (χ4n) is 4.40. The molecule has 5 rings (SSSR count). The van der Waals surface area contributed by atoms with Crippen LogP contribution in [-0.4, -0.2) is 28.1 Å². The first-order chi connectivity index (χ1) is 13.7. The second kappa shape index (κ2) is 7.19. The van der Waals surface area contributed by atoms with Gasteiger partial charge in [0.1, 0.15) is 6.23 Å². The predicted octanol–water partition coefficient (Wildman–Crippen LogP) is 4.80. The fourth-order valence-corrected chi connectivity index (χ4v) is 4.40. The number of hydrogen-bond donors (Lipinski definition) is 2. The van der Waals surface area contributed by atoms with Crippen molar-refractivity contribution in [1.29, 1.82) is 5.41 Å². The number of hydrogen-bond acceptors (Lipinski definition) is 3. The summed E-state index contributed by atoms with van der Waals surface area (Å²) in [6.07, 6.45) is 7.05. The molecule has 0 bridgehead atoms. The smallest absolute Gasteiger partial charge is 0.137 e. The lowest BCUT2D eigenvalue weighted by molar-refractivity contribution is -0.0998. The lowest BCUT2D eigenvalue weighted by Gasteiger charge is -2.32. The van der Waals surface area contributed by atoms with E-state index in [1.807, 2.05) is 6.07 Å². The van der Waals surface area contributed by atoms with Crippen LogP contribution in [0.25, 0.3) is 10.9 Å². The van der Waals surface area contributed by atoms with Gasteiger partial charge in [-0.2, -0.15) is 0 Å². The second-order valence-corrected chi connectivity index (χ2v) is 8.19. The summed E-state index contributed by atoms with van der Waals surface area (Å²) >= 11 is 0. The van der Waals surface area contributed by atoms with Crippen molar-refractivity contribution < 1.29 is 9.84 Å². The highest BCUT2D eigenvalue weighted by Crippen LogP contribution is 2.40. The molecule has 0 spiro atoms. The van der Waals surface area contributed by atoms with Crippen molar-refractivity contribution in [2.24, 2.45) is 0 Å². The zero-order chi connectivity index (χ0) is 19.1. The maximum atomic E-state index is 10.2. The quantitative estimate of drug-likeness (QED) is 0.631. The molecule has 1 aliphatic heterocycles. The lowest BCUT2D eigenvalue weighted by atomic mass is 10.0. The van der Waals surface area contributed by atoms with E-state index in [0.717, 1.165) is 17.9 Å². The Morgan fingerprint density at radius 2 is 1.86 bits per heavy atom. The average molecular weight is 374 g/mol. The third-order valence-corrected chi connectivity index (χ3v) is 6.05. The molecular formula is C24H26N2O2. The molecule has 1 aliphatic carbocycles. The monoisotopic (exact) mass is 374 g/mol. The van der Waals surface area contributed by atoms with E-state index in [2.05, 4.69) is 53.2 Å². The van der Waals surface area contributed by atoms with Crippen molar-refractivity contribution in [3.05, 3.63) is 71.4 Å². The van der Waals surface area contributed by atoms with Crippen molar-refractivity contribution in [3.8, 4) is 0 Å². The minimum atomic E-state index is -0.440. The molecule has 1 aromatic heterocycles. The molecular weight excluding hydrogens is 348 g/mol. The molecule has 1 saturated heterocycles. The first-order valence-electron chi connectivity index (χ1n) is 10.2. The maximum absolute atomic E-state index is 10.2. The number of fused-ring (bicyclic) bond motifs is 1. The third kappa shape index (κ3) is 3.38. The molecule has 2 heterocycles. The van der Waals surface area contributed by atoms with Crippen LogP contribution in [0.3, 0.4) is 0 Å². The molecule has 2 N–H and O–H groups in total. The number of ether oxygens (including phenoxy) is 1. The van der Waals surface area contributed by atoms with E-state index in [4.69, 9.17) is 10.1 Å². The number of benzene rings is 2. The molecule has 3 atom stereocenters. The van der Waals surface area contributed by atoms with Crippen molar-refractivity contribution in [3.63, 3.8) is 0 Å². The van der Waals surface area contributed by atoms with E-state index in [-0.39, 0.29) is 12.3 Å². The Labute approximate surface area is 165 Å². The Hall–Kier alpha value is -2.43. The van der Waals surface area contributed by atoms with Crippen LogP contribution in [0.15, 0.2) is 54.7 Å². The van der Waals surface area contributed by atoms with E-state index in [1.165, 1.54) is 41.1 Å². The first-order valence-corrected chi connectivity index (χ1v) is 10.2. The Balaban J connectivity index is 1.47. The second-order valence-electron chi connectivity index (χ2n) is 8.19. The zero-order valence-corrected chi connectivity index (χ0v) is 15.9. The summed E-state index contributed by atoms with van der Waals surface area (Å²) in [5.74, 6) is 0.785. The summed E-state index contributed by atoms with van der Waals surface area (Å²) < 4.78 is 8.21. The Kier molecular flexibility index (Phi) is 4.53. The van der Waals surface area contributed by atoms with Crippen molar-refractivity contribution in [2.45, 2.75) is 56.5 Å². The highest BCUT2D eigenvalue weighted by Gasteiger charge is 2.29. The number of para-hydroxylation sites is 1. The van der Waals surface area contributed by atoms with Crippen LogP contribution in [0, 0.1) is 5.41 Å². The van der Waals surface area contributed by atoms with E-state index < -0.39 is 6.10 Å². The van der Waals surface area contributed by atoms with Crippen molar-refractivity contribution >= 4 is 17.1 Å². The Bertz CT molecular complexity index is 988. The SMILES string of the molecule is N=CC1CC(O)CC(n2cc(Cc3ccc(C4CC4)cc3)c3ccccc32)O1. The fraction of sp³-hybridized carbons (Fsp3) is 0.375. The van der Waals surface area contributed by atoms with Crippen LogP contribution in [0.2, 0.25) is 0 Å². The van der Waals surface area contributed by atoms with Gasteiger partial charge in [0, 0.05) is 30.6 Å². The van der Waals surface area contributed by atoms with Gasteiger partial charge in [0.2, 0.25) is 0 Å². The molecule has 0 amide bonds. The van der Waals surface area contributed by atoms with Gasteiger partial charge in [-0.1, -0.05) is 42.5 Å². The van der Waals surface area contributed by atoms with Crippen molar-refractivity contribution in [1.82, 2.24) is 4.57 Å². The van der Waals surface area contributed by atoms with Crippen LogP contribution in [0.1, 0.15) is 54.5 Å². The van der Waals surface area contributed by atoms with Crippen LogP contribution in [0.5, 0.6) is 0 Å². The molecule has 4 heteroatoms. The minimum absolute atomic E-state index is 0.244. The molecule has 144 valence electrons. The highest BCUT2D eigenvalue weighted by molar-refractivity contribution is 5.84. The van der Waals surface area contributed by atoms with Gasteiger partial charge in [0.05, 0.1) is 17.7 Å². The van der Waals surface area contributed by atoms with E-state index in [0.29, 0.717) is 12.8 Å². The molecule has 0 radical (unpaired) electrons. The predicted molar refractivity (Wildman–Crippen MR) is 111 cm³/mol. The molecule has 1 saturated carbocycles. The van der Waals surface area contributed by atoms with Gasteiger partial charge in [-0.3, -0.25) is 0 Å². The summed E-state index contributed by atoms with van der Waals surface area (Å²) in [6, 6.07) is 17.5. The number of aliphatic hydroxyl groups excluding tert-OH is 1. The van der Waals surface area contributed by atoms with Gasteiger partial charge >= 0.3 is 0 Å². The summed E-state index contributed by atoms with van der Waals surface area (Å²) in [5, 5.41) is 19.0. The van der Waals surface area contributed by atoms with Crippen LogP contribution in [-0.2, 0) is 11.2 Å². The summed E-state index contributed by atoms with van der Waals surface area (Å²) in [5.41, 5.74) is 5.17. The summed E-state index contributed by atoms with van der Waals surface area (Å²) in [6.45, 7) is 0. The average Bonchev–Trinajstić information content (AvgIpc) is 3.51. The van der Waals surface area contributed by atoms with Gasteiger partial charge in [-0.25, -0.2) is 0 Å². The van der Waals surface area contributed by atoms with E-state index in [9.17, 15) is 5.11 Å². The molecule has 3 aromatic rings. The van der Waals surface area contributed by atoms with E-state index in [1.54, 1.807) is 0 Å². The van der Waals surface area contributed by atoms with Gasteiger partial charge < -0.3 is 19.8 Å². The molecule has 4 nitrogen and oxygen atoms in total. The van der Waals surface area contributed by atoms with E-state index >= 15 is 0 Å². The Morgan fingerprint density at radius 1 is 1.07 bits per heavy atom. The molecule has 2 aromatic carbocycles. The topological polar surface area (TPSA) is 58.2 Å². The van der Waals surface area contributed by atoms with Gasteiger partial charge in [-0.15, -0.1) is 0 Å². The standard InChI is InChI=1S/C24H26N2O2/c25-14-21-12-20(27)13-24(28-21)26-15-19(22-3-1-2-4-23(22)26)11-16-5-7-17(8-6-16)18-9-10-18/h1-8,14-15,18,20-21,24-25,27H,9-13H2. The number of rotatable bonds is 5.